The van der Waals surface area contributed by atoms with Gasteiger partial charge in [-0.15, -0.1) is 22.7 Å². The van der Waals surface area contributed by atoms with Crippen molar-refractivity contribution in [1.82, 2.24) is 25.1 Å². The maximum Gasteiger partial charge on any atom is 0.305 e. The van der Waals surface area contributed by atoms with Crippen molar-refractivity contribution >= 4 is 50.1 Å². The lowest BCUT2D eigenvalue weighted by Gasteiger charge is -2.47. The number of phenolic OH excluding ortho intramolecular Hbond substituents is 1. The molecule has 1 unspecified atom stereocenters. The van der Waals surface area contributed by atoms with Gasteiger partial charge in [0.25, 0.3) is 5.91 Å². The Morgan fingerprint density at radius 2 is 1.95 bits per heavy atom. The average molecular weight is 644 g/mol. The number of ether oxygens (including phenoxy) is 1. The average Bonchev–Trinajstić information content (AvgIpc) is 3.75. The molecule has 2 aliphatic rings. The number of aromatic amines is 1. The van der Waals surface area contributed by atoms with Gasteiger partial charge in [0.2, 0.25) is 0 Å². The van der Waals surface area contributed by atoms with E-state index >= 15 is 0 Å². The summed E-state index contributed by atoms with van der Waals surface area (Å²) in [5, 5.41) is 26.8. The number of aryl methyl sites for hydroxylation is 1. The largest absolute Gasteiger partial charge is 0.506 e. The first kappa shape index (κ1) is 30.4. The van der Waals surface area contributed by atoms with Gasteiger partial charge in [0.15, 0.2) is 0 Å². The fourth-order valence-corrected chi connectivity index (χ4v) is 8.46. The van der Waals surface area contributed by atoms with Crippen molar-refractivity contribution in [2.24, 2.45) is 0 Å². The predicted octanol–water partition coefficient (Wildman–Crippen LogP) is 3.54. The molecule has 10 nitrogen and oxygen atoms in total. The molecule has 0 bridgehead atoms. The molecule has 0 radical (unpaired) electrons. The first-order chi connectivity index (χ1) is 20.8. The fourth-order valence-electron chi connectivity index (χ4n) is 5.95. The molecule has 13 heteroatoms. The van der Waals surface area contributed by atoms with Crippen LogP contribution < -0.4 is 10.2 Å². The van der Waals surface area contributed by atoms with Crippen molar-refractivity contribution in [3.8, 4) is 5.75 Å². The maximum absolute atomic E-state index is 13.0. The van der Waals surface area contributed by atoms with E-state index in [1.165, 1.54) is 27.2 Å². The number of H-pyrrole nitrogens is 1. The highest BCUT2D eigenvalue weighted by Gasteiger charge is 2.41. The van der Waals surface area contributed by atoms with Gasteiger partial charge in [-0.05, 0) is 50.8 Å². The molecule has 3 aromatic heterocycles. The van der Waals surface area contributed by atoms with Gasteiger partial charge >= 0.3 is 4.87 Å². The number of nitrogens with one attached hydrogen (secondary N) is 2. The fraction of sp³-hybridized carbons (Fsp3) is 0.500. The number of aliphatic hydroxyl groups is 1. The first-order valence-corrected chi connectivity index (χ1v) is 17.2. The van der Waals surface area contributed by atoms with Gasteiger partial charge in [-0.25, -0.2) is 4.98 Å². The molecule has 0 aliphatic carbocycles. The number of likely N-dealkylation sites (tertiary alicyclic amines) is 1. The summed E-state index contributed by atoms with van der Waals surface area (Å²) in [6.45, 7) is 7.81. The Morgan fingerprint density at radius 3 is 2.72 bits per heavy atom. The molecule has 4 aromatic rings. The second-order valence-electron chi connectivity index (χ2n) is 11.3. The van der Waals surface area contributed by atoms with Gasteiger partial charge in [-0.1, -0.05) is 17.4 Å². The zero-order valence-electron chi connectivity index (χ0n) is 24.1. The number of thiophene rings is 1. The van der Waals surface area contributed by atoms with Crippen LogP contribution in [0.1, 0.15) is 49.8 Å². The summed E-state index contributed by atoms with van der Waals surface area (Å²) >= 11 is 4.35. The number of thiazole rings is 2. The monoisotopic (exact) mass is 643 g/mol. The lowest BCUT2D eigenvalue weighted by Crippen LogP contribution is -2.58. The molecule has 2 aliphatic heterocycles. The Hall–Kier alpha value is -2.65. The van der Waals surface area contributed by atoms with Crippen LogP contribution in [0.3, 0.4) is 0 Å². The molecular formula is C30H37N5O5S3. The van der Waals surface area contributed by atoms with Crippen LogP contribution in [0.4, 0.5) is 0 Å². The number of carbonyl (C=O) groups is 1. The number of carbonyl (C=O) groups excluding carboxylic acids is 1. The van der Waals surface area contributed by atoms with Crippen molar-refractivity contribution in [2.45, 2.75) is 44.3 Å². The molecule has 43 heavy (non-hydrogen) atoms. The minimum absolute atomic E-state index is 0.00987. The predicted molar refractivity (Wildman–Crippen MR) is 171 cm³/mol. The van der Waals surface area contributed by atoms with E-state index in [1.807, 2.05) is 28.5 Å². The number of rotatable bonds is 10. The van der Waals surface area contributed by atoms with Crippen LogP contribution in [-0.2, 0) is 17.6 Å². The number of phenols is 1. The number of aliphatic hydroxyl groups excluding tert-OH is 1. The summed E-state index contributed by atoms with van der Waals surface area (Å²) in [5.74, 6) is 0.0276. The van der Waals surface area contributed by atoms with Gasteiger partial charge in [0.05, 0.1) is 34.6 Å². The van der Waals surface area contributed by atoms with E-state index < -0.39 is 6.10 Å². The molecule has 5 heterocycles. The Labute approximate surface area is 262 Å². The molecule has 2 saturated heterocycles. The molecule has 6 rings (SSSR count). The van der Waals surface area contributed by atoms with Crippen LogP contribution in [0.25, 0.3) is 10.2 Å². The van der Waals surface area contributed by atoms with Gasteiger partial charge in [0.1, 0.15) is 17.0 Å². The SMILES string of the molecule is Cc1nc(C(=O)N2CCOC3(CCN(CCc4ccc(CCNCC(O)c5ccc(O)c6[nH]c(=O)sc56)s4)CC3)C2)cs1. The second kappa shape index (κ2) is 13.1. The molecule has 4 N–H and O–H groups in total. The number of aromatic nitrogens is 2. The van der Waals surface area contributed by atoms with Crippen LogP contribution >= 0.6 is 34.0 Å². The molecule has 1 atom stereocenters. The lowest BCUT2D eigenvalue weighted by atomic mass is 9.89. The van der Waals surface area contributed by atoms with Gasteiger partial charge in [-0.3, -0.25) is 9.59 Å². The van der Waals surface area contributed by atoms with E-state index in [-0.39, 0.29) is 22.1 Å². The van der Waals surface area contributed by atoms with E-state index in [1.54, 1.807) is 6.07 Å². The number of amides is 1. The smallest absolute Gasteiger partial charge is 0.305 e. The molecule has 230 valence electrons. The number of piperidine rings is 1. The number of benzene rings is 1. The van der Waals surface area contributed by atoms with Crippen LogP contribution in [0.2, 0.25) is 0 Å². The summed E-state index contributed by atoms with van der Waals surface area (Å²) in [4.78, 5) is 38.6. The van der Waals surface area contributed by atoms with Crippen molar-refractivity contribution in [3.63, 3.8) is 0 Å². The van der Waals surface area contributed by atoms with Crippen LogP contribution in [0, 0.1) is 6.92 Å². The molecule has 2 fully saturated rings. The number of morpholine rings is 1. The summed E-state index contributed by atoms with van der Waals surface area (Å²) in [6, 6.07) is 7.58. The number of aromatic hydroxyl groups is 1. The molecule has 1 amide bonds. The van der Waals surface area contributed by atoms with Gasteiger partial charge < -0.3 is 35.1 Å². The van der Waals surface area contributed by atoms with Gasteiger partial charge in [0, 0.05) is 60.0 Å². The van der Waals surface area contributed by atoms with Crippen LogP contribution in [0.5, 0.6) is 5.75 Å². The first-order valence-electron chi connectivity index (χ1n) is 14.7. The van der Waals surface area contributed by atoms with Crippen molar-refractivity contribution in [3.05, 3.63) is 65.3 Å². The van der Waals surface area contributed by atoms with Crippen LogP contribution in [0.15, 0.2) is 34.4 Å². The zero-order chi connectivity index (χ0) is 30.0. The van der Waals surface area contributed by atoms with Crippen molar-refractivity contribution in [2.75, 3.05) is 52.4 Å². The highest BCUT2D eigenvalue weighted by Crippen LogP contribution is 2.32. The molecule has 1 aromatic carbocycles. The molecule has 0 saturated carbocycles. The third-order valence-corrected chi connectivity index (χ3v) is 11.3. The minimum atomic E-state index is -0.776. The van der Waals surface area contributed by atoms with E-state index in [2.05, 4.69) is 32.3 Å². The van der Waals surface area contributed by atoms with E-state index in [0.717, 1.165) is 68.2 Å². The number of hydrogen-bond donors (Lipinski definition) is 4. The van der Waals surface area contributed by atoms with Crippen molar-refractivity contribution in [1.29, 1.82) is 0 Å². The maximum atomic E-state index is 13.0. The van der Waals surface area contributed by atoms with Crippen molar-refractivity contribution < 1.29 is 19.7 Å². The number of fused-ring (bicyclic) bond motifs is 1. The number of hydrogen-bond acceptors (Lipinski definition) is 11. The minimum Gasteiger partial charge on any atom is -0.506 e. The Morgan fingerprint density at radius 1 is 1.16 bits per heavy atom. The van der Waals surface area contributed by atoms with E-state index in [9.17, 15) is 19.8 Å². The quantitative estimate of drug-likeness (QED) is 0.193. The number of nitrogens with zero attached hydrogens (tertiary/aromatic N) is 3. The van der Waals surface area contributed by atoms with E-state index in [0.29, 0.717) is 47.7 Å². The highest BCUT2D eigenvalue weighted by atomic mass is 32.1. The normalized spacial score (nSPS) is 18.0. The summed E-state index contributed by atoms with van der Waals surface area (Å²) in [6.07, 6.45) is 2.97. The second-order valence-corrected chi connectivity index (χ2v) is 14.6. The Balaban J connectivity index is 0.917. The Bertz CT molecular complexity index is 1620. The lowest BCUT2D eigenvalue weighted by molar-refractivity contribution is -0.127. The third kappa shape index (κ3) is 7.03. The standard InChI is InChI=1S/C30H37N5O5S3/c1-19-32-23(17-41-19)28(38)35-14-15-40-30(18-35)8-12-34(13-9-30)11-7-21-3-2-20(42-21)6-10-31-16-25(37)22-4-5-24(36)26-27(22)43-29(39)33-26/h2-5,17,25,31,36-37H,6-16,18H2,1H3,(H,33,39). The summed E-state index contributed by atoms with van der Waals surface area (Å²) in [7, 11) is 0. The molecular weight excluding hydrogens is 607 g/mol. The van der Waals surface area contributed by atoms with Crippen LogP contribution in [-0.4, -0.2) is 93.9 Å². The highest BCUT2D eigenvalue weighted by molar-refractivity contribution is 7.16. The Kier molecular flexibility index (Phi) is 9.29. The molecule has 1 spiro atoms. The zero-order valence-corrected chi connectivity index (χ0v) is 26.6. The third-order valence-electron chi connectivity index (χ3n) is 8.37. The van der Waals surface area contributed by atoms with E-state index in [4.69, 9.17) is 4.74 Å². The van der Waals surface area contributed by atoms with Gasteiger partial charge in [-0.2, -0.15) is 0 Å². The summed E-state index contributed by atoms with van der Waals surface area (Å²) in [5.41, 5.74) is 1.32. The summed E-state index contributed by atoms with van der Waals surface area (Å²) < 4.78 is 6.87. The topological polar surface area (TPSA) is 131 Å².